The number of alkyl halides is 12. The zero-order chi connectivity index (χ0) is 37.8. The number of esters is 1. The number of hydrogen-bond donors (Lipinski definition) is 1. The van der Waals surface area contributed by atoms with E-state index in [1.54, 1.807) is 0 Å². The number of carboxylic acids is 1. The highest BCUT2D eigenvalue weighted by molar-refractivity contribution is 5.87. The number of ether oxygens (including phenoxy) is 1. The van der Waals surface area contributed by atoms with Gasteiger partial charge in [0.1, 0.15) is 18.7 Å². The molecule has 2 saturated heterocycles. The monoisotopic (exact) mass is 728 g/mol. The van der Waals surface area contributed by atoms with E-state index in [0.29, 0.717) is 4.90 Å². The Bertz CT molecular complexity index is 1230. The molecule has 0 aromatic carbocycles. The molecule has 12 nitrogen and oxygen atoms in total. The molecule has 0 aromatic heterocycles. The summed E-state index contributed by atoms with van der Waals surface area (Å²) in [4.78, 5) is 67.9. The molecule has 0 aromatic rings. The SMILES string of the molecule is CC(C)(C)OC(=O)CN(C(=O)C(F)(F)F)[C@@H]1CCN(C(=O)C(F)(F)F)C1.O=C(O)CN(C(=O)C(F)(F)F)[C@@H]1CCN(C(=O)C(F)(F)F)C1. The van der Waals surface area contributed by atoms with Gasteiger partial charge in [-0.2, -0.15) is 52.7 Å². The Balaban J connectivity index is 0.000000487. The fraction of sp³-hybridized carbons (Fsp3) is 0.750. The normalized spacial score (nSPS) is 18.9. The molecule has 48 heavy (non-hydrogen) atoms. The second-order valence-electron chi connectivity index (χ2n) is 11.2. The van der Waals surface area contributed by atoms with Crippen molar-refractivity contribution >= 4 is 35.6 Å². The highest BCUT2D eigenvalue weighted by Gasteiger charge is 2.51. The number of carbonyl (C=O) groups is 6. The van der Waals surface area contributed by atoms with Crippen molar-refractivity contribution in [3.63, 3.8) is 0 Å². The summed E-state index contributed by atoms with van der Waals surface area (Å²) in [5, 5.41) is 8.54. The van der Waals surface area contributed by atoms with Gasteiger partial charge in [0.05, 0.1) is 12.1 Å². The molecule has 0 bridgehead atoms. The maximum Gasteiger partial charge on any atom is 0.471 e. The molecule has 276 valence electrons. The van der Waals surface area contributed by atoms with Crippen LogP contribution in [0, 0.1) is 0 Å². The fourth-order valence-corrected chi connectivity index (χ4v) is 4.44. The summed E-state index contributed by atoms with van der Waals surface area (Å²) >= 11 is 0. The number of amides is 4. The van der Waals surface area contributed by atoms with Crippen LogP contribution in [0.4, 0.5) is 52.7 Å². The molecule has 2 aliphatic rings. The van der Waals surface area contributed by atoms with E-state index in [2.05, 4.69) is 0 Å². The average Bonchev–Trinajstić information content (AvgIpc) is 3.56. The smallest absolute Gasteiger partial charge is 0.471 e. The summed E-state index contributed by atoms with van der Waals surface area (Å²) in [6.45, 7) is -0.620. The molecule has 24 heteroatoms. The van der Waals surface area contributed by atoms with Gasteiger partial charge in [0, 0.05) is 26.2 Å². The van der Waals surface area contributed by atoms with Gasteiger partial charge in [-0.1, -0.05) is 0 Å². The van der Waals surface area contributed by atoms with E-state index < -0.39 is 117 Å². The summed E-state index contributed by atoms with van der Waals surface area (Å²) in [5.74, 6) is -12.2. The Morgan fingerprint density at radius 3 is 1.23 bits per heavy atom. The van der Waals surface area contributed by atoms with Gasteiger partial charge in [-0.3, -0.25) is 28.8 Å². The van der Waals surface area contributed by atoms with E-state index in [1.165, 1.54) is 20.8 Å². The minimum absolute atomic E-state index is 0.0774. The average molecular weight is 728 g/mol. The number of carboxylic acid groups (broad SMARTS) is 1. The van der Waals surface area contributed by atoms with Crippen molar-refractivity contribution in [2.75, 3.05) is 39.3 Å². The molecule has 2 rings (SSSR count). The first kappa shape index (κ1) is 42.0. The van der Waals surface area contributed by atoms with Crippen LogP contribution in [0.25, 0.3) is 0 Å². The van der Waals surface area contributed by atoms with Gasteiger partial charge >= 0.3 is 60.3 Å². The zero-order valence-corrected chi connectivity index (χ0v) is 24.9. The Hall–Kier alpha value is -4.02. The van der Waals surface area contributed by atoms with E-state index in [0.717, 1.165) is 0 Å². The van der Waals surface area contributed by atoms with Crippen LogP contribution in [-0.2, 0) is 33.5 Å². The maximum absolute atomic E-state index is 12.8. The largest absolute Gasteiger partial charge is 0.480 e. The highest BCUT2D eigenvalue weighted by Crippen LogP contribution is 2.29. The summed E-state index contributed by atoms with van der Waals surface area (Å²) in [5.41, 5.74) is -1.03. The number of rotatable bonds is 6. The molecule has 4 amide bonds. The molecule has 0 radical (unpaired) electrons. The fourth-order valence-electron chi connectivity index (χ4n) is 4.44. The quantitative estimate of drug-likeness (QED) is 0.325. The van der Waals surface area contributed by atoms with Crippen molar-refractivity contribution < 1.29 is 91.3 Å². The predicted octanol–water partition coefficient (Wildman–Crippen LogP) is 2.51. The molecule has 0 aliphatic carbocycles. The number of carbonyl (C=O) groups excluding carboxylic acids is 5. The molecular formula is C24H28F12N4O8. The van der Waals surface area contributed by atoms with E-state index in [9.17, 15) is 81.5 Å². The lowest BCUT2D eigenvalue weighted by Gasteiger charge is -2.30. The van der Waals surface area contributed by atoms with Crippen LogP contribution in [0.15, 0.2) is 0 Å². The van der Waals surface area contributed by atoms with Crippen LogP contribution in [0.1, 0.15) is 33.6 Å². The van der Waals surface area contributed by atoms with Gasteiger partial charge in [0.25, 0.3) is 0 Å². The van der Waals surface area contributed by atoms with Gasteiger partial charge in [0.2, 0.25) is 0 Å². The molecule has 2 fully saturated rings. The van der Waals surface area contributed by atoms with E-state index in [4.69, 9.17) is 9.84 Å². The summed E-state index contributed by atoms with van der Waals surface area (Å²) in [6, 6.07) is -2.83. The molecule has 0 unspecified atom stereocenters. The molecule has 2 aliphatic heterocycles. The third-order valence-electron chi connectivity index (χ3n) is 6.30. The van der Waals surface area contributed by atoms with Crippen molar-refractivity contribution in [3.05, 3.63) is 0 Å². The van der Waals surface area contributed by atoms with Crippen molar-refractivity contribution in [2.24, 2.45) is 0 Å². The Morgan fingerprint density at radius 2 is 0.958 bits per heavy atom. The molecule has 2 heterocycles. The van der Waals surface area contributed by atoms with E-state index in [-0.39, 0.29) is 27.5 Å². The lowest BCUT2D eigenvalue weighted by Crippen LogP contribution is -2.51. The first-order chi connectivity index (χ1) is 21.4. The van der Waals surface area contributed by atoms with Crippen LogP contribution >= 0.6 is 0 Å². The highest BCUT2D eigenvalue weighted by atomic mass is 19.4. The lowest BCUT2D eigenvalue weighted by molar-refractivity contribution is -0.191. The van der Waals surface area contributed by atoms with Gasteiger partial charge in [-0.25, -0.2) is 0 Å². The van der Waals surface area contributed by atoms with Gasteiger partial charge in [-0.05, 0) is 33.6 Å². The molecule has 1 N–H and O–H groups in total. The van der Waals surface area contributed by atoms with Gasteiger partial charge < -0.3 is 29.4 Å². The molecule has 0 spiro atoms. The zero-order valence-electron chi connectivity index (χ0n) is 24.9. The standard InChI is InChI=1S/C14H18F6N2O4.C10H10F6N2O4/c1-12(2,3)26-9(23)7-22(11(25)14(18,19)20)8-4-5-21(6-8)10(24)13(15,16)17;11-9(12,13)7(21)17-2-1-5(3-17)18(4-6(19)20)8(22)10(14,15)16/h8H,4-7H2,1-3H3;5H,1-4H2,(H,19,20)/t8-;5-/m11/s1. The molecular weight excluding hydrogens is 700 g/mol. The minimum Gasteiger partial charge on any atom is -0.480 e. The van der Waals surface area contributed by atoms with Crippen LogP contribution in [0.3, 0.4) is 0 Å². The third-order valence-corrected chi connectivity index (χ3v) is 6.30. The number of halogens is 12. The van der Waals surface area contributed by atoms with Crippen LogP contribution in [-0.4, -0.2) is 142 Å². The maximum atomic E-state index is 12.8. The second kappa shape index (κ2) is 15.0. The van der Waals surface area contributed by atoms with Gasteiger partial charge in [0.15, 0.2) is 0 Å². The summed E-state index contributed by atoms with van der Waals surface area (Å²) < 4.78 is 154. The van der Waals surface area contributed by atoms with Gasteiger partial charge in [-0.15, -0.1) is 0 Å². The lowest BCUT2D eigenvalue weighted by atomic mass is 10.2. The van der Waals surface area contributed by atoms with Crippen LogP contribution in [0.2, 0.25) is 0 Å². The Morgan fingerprint density at radius 1 is 0.625 bits per heavy atom. The minimum atomic E-state index is -5.36. The third kappa shape index (κ3) is 12.5. The predicted molar refractivity (Wildman–Crippen MR) is 131 cm³/mol. The van der Waals surface area contributed by atoms with Crippen LogP contribution in [0.5, 0.6) is 0 Å². The Labute approximate surface area is 262 Å². The number of nitrogens with zero attached hydrogens (tertiary/aromatic N) is 4. The van der Waals surface area contributed by atoms with Crippen molar-refractivity contribution in [1.29, 1.82) is 0 Å². The van der Waals surface area contributed by atoms with Crippen molar-refractivity contribution in [2.45, 2.75) is 76.0 Å². The first-order valence-electron chi connectivity index (χ1n) is 13.3. The first-order valence-corrected chi connectivity index (χ1v) is 13.3. The van der Waals surface area contributed by atoms with Crippen LogP contribution < -0.4 is 0 Å². The topological polar surface area (TPSA) is 145 Å². The molecule has 2 atom stereocenters. The van der Waals surface area contributed by atoms with E-state index in [1.807, 2.05) is 0 Å². The number of hydrogen-bond acceptors (Lipinski definition) is 7. The second-order valence-corrected chi connectivity index (χ2v) is 11.2. The Kier molecular flexibility index (Phi) is 13.2. The van der Waals surface area contributed by atoms with Crippen molar-refractivity contribution in [3.8, 4) is 0 Å². The van der Waals surface area contributed by atoms with E-state index >= 15 is 0 Å². The summed E-state index contributed by atoms with van der Waals surface area (Å²) in [6.07, 6.45) is -21.8. The molecule has 0 saturated carbocycles. The van der Waals surface area contributed by atoms with Crippen molar-refractivity contribution in [1.82, 2.24) is 19.6 Å². The number of likely N-dealkylation sites (tertiary alicyclic amines) is 2. The summed E-state index contributed by atoms with van der Waals surface area (Å²) in [7, 11) is 0. The number of aliphatic carboxylic acids is 1.